The van der Waals surface area contributed by atoms with E-state index in [1.807, 2.05) is 30.3 Å². The van der Waals surface area contributed by atoms with Crippen LogP contribution in [0.2, 0.25) is 0 Å². The second kappa shape index (κ2) is 6.45. The fraction of sp³-hybridized carbons (Fsp3) is 0.111. The van der Waals surface area contributed by atoms with Crippen molar-refractivity contribution in [2.45, 2.75) is 13.3 Å². The van der Waals surface area contributed by atoms with E-state index in [0.29, 0.717) is 11.3 Å². The third-order valence-electron chi connectivity index (χ3n) is 3.76. The van der Waals surface area contributed by atoms with E-state index in [1.165, 1.54) is 6.07 Å². The summed E-state index contributed by atoms with van der Waals surface area (Å²) in [5, 5.41) is 14.7. The first-order valence-electron chi connectivity index (χ1n) is 7.42. The standard InChI is InChI=1S/C18H15N3O3/c1-12-7-8-15(11-16(12)21(23)24)20-17(22)10-14-5-2-4-13-6-3-9-19-18(13)14/h2-9,11H,10H2,1H3,(H,20,22). The Morgan fingerprint density at radius 2 is 2.00 bits per heavy atom. The highest BCUT2D eigenvalue weighted by molar-refractivity contribution is 5.95. The van der Waals surface area contributed by atoms with E-state index in [4.69, 9.17) is 0 Å². The van der Waals surface area contributed by atoms with Crippen LogP contribution in [0.25, 0.3) is 10.9 Å². The number of para-hydroxylation sites is 1. The third-order valence-corrected chi connectivity index (χ3v) is 3.76. The second-order valence-electron chi connectivity index (χ2n) is 5.48. The quantitative estimate of drug-likeness (QED) is 0.587. The lowest BCUT2D eigenvalue weighted by atomic mass is 10.1. The molecule has 1 N–H and O–H groups in total. The summed E-state index contributed by atoms with van der Waals surface area (Å²) in [6.07, 6.45) is 1.84. The first-order chi connectivity index (χ1) is 11.5. The number of amides is 1. The molecule has 1 heterocycles. The van der Waals surface area contributed by atoms with Crippen LogP contribution < -0.4 is 5.32 Å². The molecule has 0 saturated heterocycles. The summed E-state index contributed by atoms with van der Waals surface area (Å²) < 4.78 is 0. The molecule has 120 valence electrons. The van der Waals surface area contributed by atoms with E-state index < -0.39 is 4.92 Å². The van der Waals surface area contributed by atoms with Crippen molar-refractivity contribution in [3.63, 3.8) is 0 Å². The number of aromatic nitrogens is 1. The van der Waals surface area contributed by atoms with Gasteiger partial charge in [-0.3, -0.25) is 19.9 Å². The van der Waals surface area contributed by atoms with Gasteiger partial charge >= 0.3 is 0 Å². The predicted octanol–water partition coefficient (Wildman–Crippen LogP) is 3.63. The molecule has 24 heavy (non-hydrogen) atoms. The molecule has 0 unspecified atom stereocenters. The van der Waals surface area contributed by atoms with Crippen LogP contribution in [0.3, 0.4) is 0 Å². The Morgan fingerprint density at radius 1 is 1.21 bits per heavy atom. The number of nitro benzene ring substituents is 1. The van der Waals surface area contributed by atoms with E-state index >= 15 is 0 Å². The van der Waals surface area contributed by atoms with Crippen molar-refractivity contribution in [1.29, 1.82) is 0 Å². The van der Waals surface area contributed by atoms with Crippen LogP contribution in [-0.4, -0.2) is 15.8 Å². The highest BCUT2D eigenvalue weighted by Crippen LogP contribution is 2.23. The molecular formula is C18H15N3O3. The van der Waals surface area contributed by atoms with Crippen molar-refractivity contribution in [3.05, 3.63) is 76.0 Å². The molecule has 0 aliphatic heterocycles. The number of carbonyl (C=O) groups is 1. The normalized spacial score (nSPS) is 10.5. The van der Waals surface area contributed by atoms with Crippen molar-refractivity contribution < 1.29 is 9.72 Å². The number of nitrogens with zero attached hydrogens (tertiary/aromatic N) is 2. The minimum Gasteiger partial charge on any atom is -0.326 e. The van der Waals surface area contributed by atoms with E-state index in [9.17, 15) is 14.9 Å². The summed E-state index contributed by atoms with van der Waals surface area (Å²) in [4.78, 5) is 27.1. The van der Waals surface area contributed by atoms with Gasteiger partial charge in [-0.1, -0.05) is 30.3 Å². The zero-order valence-corrected chi connectivity index (χ0v) is 13.0. The summed E-state index contributed by atoms with van der Waals surface area (Å²) in [6.45, 7) is 1.66. The Labute approximate surface area is 138 Å². The summed E-state index contributed by atoms with van der Waals surface area (Å²) in [7, 11) is 0. The number of anilines is 1. The number of hydrogen-bond donors (Lipinski definition) is 1. The fourth-order valence-corrected chi connectivity index (χ4v) is 2.57. The van der Waals surface area contributed by atoms with Gasteiger partial charge in [0.15, 0.2) is 0 Å². The van der Waals surface area contributed by atoms with Gasteiger partial charge in [0.2, 0.25) is 5.91 Å². The van der Waals surface area contributed by atoms with E-state index in [1.54, 1.807) is 25.3 Å². The minimum atomic E-state index is -0.459. The summed E-state index contributed by atoms with van der Waals surface area (Å²) in [5.74, 6) is -0.244. The first kappa shape index (κ1) is 15.6. The van der Waals surface area contributed by atoms with Gasteiger partial charge in [0, 0.05) is 28.9 Å². The van der Waals surface area contributed by atoms with Crippen molar-refractivity contribution in [2.24, 2.45) is 0 Å². The lowest BCUT2D eigenvalue weighted by Gasteiger charge is -2.08. The maximum atomic E-state index is 12.3. The SMILES string of the molecule is Cc1ccc(NC(=O)Cc2cccc3cccnc23)cc1[N+](=O)[O-]. The number of hydrogen-bond acceptors (Lipinski definition) is 4. The number of rotatable bonds is 4. The lowest BCUT2D eigenvalue weighted by molar-refractivity contribution is -0.385. The van der Waals surface area contributed by atoms with Crippen LogP contribution in [-0.2, 0) is 11.2 Å². The maximum Gasteiger partial charge on any atom is 0.274 e. The topological polar surface area (TPSA) is 85.1 Å². The molecule has 6 nitrogen and oxygen atoms in total. The van der Waals surface area contributed by atoms with E-state index in [-0.39, 0.29) is 18.0 Å². The van der Waals surface area contributed by atoms with Crippen LogP contribution in [0.15, 0.2) is 54.7 Å². The zero-order chi connectivity index (χ0) is 17.1. The molecule has 3 aromatic rings. The molecular weight excluding hydrogens is 306 g/mol. The van der Waals surface area contributed by atoms with Gasteiger partial charge in [-0.05, 0) is 24.6 Å². The molecule has 3 rings (SSSR count). The van der Waals surface area contributed by atoms with E-state index in [0.717, 1.165) is 16.5 Å². The van der Waals surface area contributed by atoms with Crippen LogP contribution >= 0.6 is 0 Å². The van der Waals surface area contributed by atoms with Crippen LogP contribution in [0.4, 0.5) is 11.4 Å². The summed E-state index contributed by atoms with van der Waals surface area (Å²) in [6, 6.07) is 14.1. The zero-order valence-electron chi connectivity index (χ0n) is 13.0. The molecule has 0 radical (unpaired) electrons. The number of carbonyl (C=O) groups excluding carboxylic acids is 1. The average Bonchev–Trinajstić information content (AvgIpc) is 2.56. The molecule has 1 amide bonds. The predicted molar refractivity (Wildman–Crippen MR) is 91.9 cm³/mol. The third kappa shape index (κ3) is 3.22. The highest BCUT2D eigenvalue weighted by atomic mass is 16.6. The largest absolute Gasteiger partial charge is 0.326 e. The van der Waals surface area contributed by atoms with Gasteiger partial charge < -0.3 is 5.32 Å². The Bertz CT molecular complexity index is 932. The second-order valence-corrected chi connectivity index (χ2v) is 5.48. The number of nitro groups is 1. The van der Waals surface area contributed by atoms with Crippen molar-refractivity contribution in [3.8, 4) is 0 Å². The van der Waals surface area contributed by atoms with Crippen molar-refractivity contribution in [1.82, 2.24) is 4.98 Å². The molecule has 2 aromatic carbocycles. The number of fused-ring (bicyclic) bond motifs is 1. The summed E-state index contributed by atoms with van der Waals surface area (Å²) in [5.41, 5.74) is 2.54. The summed E-state index contributed by atoms with van der Waals surface area (Å²) >= 11 is 0. The van der Waals surface area contributed by atoms with Gasteiger partial charge in [-0.25, -0.2) is 0 Å². The van der Waals surface area contributed by atoms with Gasteiger partial charge in [-0.15, -0.1) is 0 Å². The minimum absolute atomic E-state index is 0.0142. The monoisotopic (exact) mass is 321 g/mol. The van der Waals surface area contributed by atoms with Gasteiger partial charge in [0.05, 0.1) is 16.9 Å². The first-order valence-corrected chi connectivity index (χ1v) is 7.42. The Balaban J connectivity index is 1.81. The molecule has 0 atom stereocenters. The van der Waals surface area contributed by atoms with E-state index in [2.05, 4.69) is 10.3 Å². The lowest BCUT2D eigenvalue weighted by Crippen LogP contribution is -2.15. The molecule has 0 saturated carbocycles. The van der Waals surface area contributed by atoms with Crippen LogP contribution in [0.5, 0.6) is 0 Å². The number of nitrogens with one attached hydrogen (secondary N) is 1. The molecule has 0 fully saturated rings. The maximum absolute atomic E-state index is 12.3. The van der Waals surface area contributed by atoms with Crippen molar-refractivity contribution >= 4 is 28.2 Å². The number of aryl methyl sites for hydroxylation is 1. The number of benzene rings is 2. The average molecular weight is 321 g/mol. The van der Waals surface area contributed by atoms with Gasteiger partial charge in [-0.2, -0.15) is 0 Å². The van der Waals surface area contributed by atoms with Gasteiger partial charge in [0.1, 0.15) is 0 Å². The van der Waals surface area contributed by atoms with Crippen molar-refractivity contribution in [2.75, 3.05) is 5.32 Å². The Morgan fingerprint density at radius 3 is 2.79 bits per heavy atom. The molecule has 0 bridgehead atoms. The molecule has 6 heteroatoms. The molecule has 0 aliphatic rings. The fourth-order valence-electron chi connectivity index (χ4n) is 2.57. The van der Waals surface area contributed by atoms with Gasteiger partial charge in [0.25, 0.3) is 5.69 Å². The smallest absolute Gasteiger partial charge is 0.274 e. The molecule has 0 aliphatic carbocycles. The molecule has 0 spiro atoms. The Kier molecular flexibility index (Phi) is 4.20. The molecule has 1 aromatic heterocycles. The number of pyridine rings is 1. The van der Waals surface area contributed by atoms with Crippen LogP contribution in [0.1, 0.15) is 11.1 Å². The van der Waals surface area contributed by atoms with Crippen LogP contribution in [0, 0.1) is 17.0 Å². The highest BCUT2D eigenvalue weighted by Gasteiger charge is 2.13. The Hall–Kier alpha value is -3.28.